The van der Waals surface area contributed by atoms with Crippen molar-refractivity contribution in [3.63, 3.8) is 0 Å². The van der Waals surface area contributed by atoms with E-state index in [9.17, 15) is 9.59 Å². The summed E-state index contributed by atoms with van der Waals surface area (Å²) in [6.45, 7) is 0.602. The van der Waals surface area contributed by atoms with E-state index in [0.29, 0.717) is 24.2 Å². The number of amides is 3. The van der Waals surface area contributed by atoms with E-state index in [-0.39, 0.29) is 24.1 Å². The van der Waals surface area contributed by atoms with Crippen LogP contribution in [0.2, 0.25) is 0 Å². The predicted molar refractivity (Wildman–Crippen MR) is 97.0 cm³/mol. The molecular formula is C19H26N4O3. The van der Waals surface area contributed by atoms with Crippen molar-refractivity contribution in [3.8, 4) is 5.88 Å². The summed E-state index contributed by atoms with van der Waals surface area (Å²) in [5, 5.41) is 5.84. The van der Waals surface area contributed by atoms with Gasteiger partial charge in [-0.05, 0) is 57.4 Å². The van der Waals surface area contributed by atoms with E-state index in [1.165, 1.54) is 12.8 Å². The van der Waals surface area contributed by atoms with E-state index in [0.717, 1.165) is 38.5 Å². The highest BCUT2D eigenvalue weighted by Crippen LogP contribution is 2.25. The minimum atomic E-state index is -0.367. The highest BCUT2D eigenvalue weighted by molar-refractivity contribution is 5.94. The van der Waals surface area contributed by atoms with Crippen molar-refractivity contribution in [1.29, 1.82) is 0 Å². The number of hydrogen-bond acceptors (Lipinski definition) is 4. The van der Waals surface area contributed by atoms with Gasteiger partial charge in [-0.3, -0.25) is 4.79 Å². The third-order valence-corrected chi connectivity index (χ3v) is 5.32. The van der Waals surface area contributed by atoms with Crippen molar-refractivity contribution in [1.82, 2.24) is 15.2 Å². The maximum absolute atomic E-state index is 12.6. The van der Waals surface area contributed by atoms with E-state index in [4.69, 9.17) is 4.74 Å². The van der Waals surface area contributed by atoms with Gasteiger partial charge in [0.15, 0.2) is 0 Å². The number of nitrogens with zero attached hydrogens (tertiary/aromatic N) is 2. The molecule has 0 aromatic carbocycles. The quantitative estimate of drug-likeness (QED) is 0.848. The first-order valence-corrected chi connectivity index (χ1v) is 9.70. The van der Waals surface area contributed by atoms with Crippen LogP contribution in [0.4, 0.5) is 10.5 Å². The molecule has 1 atom stereocenters. The molecule has 140 valence electrons. The number of anilines is 1. The summed E-state index contributed by atoms with van der Waals surface area (Å²) < 4.78 is 5.84. The summed E-state index contributed by atoms with van der Waals surface area (Å²) in [6, 6.07) is 3.28. The van der Waals surface area contributed by atoms with Gasteiger partial charge >= 0.3 is 6.03 Å². The Balaban J connectivity index is 1.32. The Morgan fingerprint density at radius 2 is 1.88 bits per heavy atom. The highest BCUT2D eigenvalue weighted by atomic mass is 16.5. The largest absolute Gasteiger partial charge is 0.474 e. The molecule has 7 nitrogen and oxygen atoms in total. The normalized spacial score (nSPS) is 23.1. The number of rotatable bonds is 5. The lowest BCUT2D eigenvalue weighted by molar-refractivity contribution is -0.124. The Morgan fingerprint density at radius 3 is 2.58 bits per heavy atom. The van der Waals surface area contributed by atoms with Crippen molar-refractivity contribution in [2.45, 2.75) is 69.6 Å². The molecule has 2 heterocycles. The zero-order chi connectivity index (χ0) is 17.9. The standard InChI is InChI=1S/C19H26N4O3/c24-18(21-13-7-8-13)16-6-3-11-23(16)19(25)22-14-9-10-17(20-12-14)26-15-4-1-2-5-15/h9-10,12-13,15-16H,1-8,11H2,(H,21,24)(H,22,25). The molecule has 3 fully saturated rings. The fourth-order valence-electron chi connectivity index (χ4n) is 3.70. The summed E-state index contributed by atoms with van der Waals surface area (Å²) in [5.74, 6) is 0.566. The Kier molecular flexibility index (Phi) is 4.95. The second kappa shape index (κ2) is 7.51. The molecule has 0 bridgehead atoms. The Labute approximate surface area is 153 Å². The summed E-state index contributed by atoms with van der Waals surface area (Å²) >= 11 is 0. The average Bonchev–Trinajstić information content (AvgIpc) is 3.12. The SMILES string of the molecule is O=C(NC1CC1)C1CCCN1C(=O)Nc1ccc(OC2CCCC2)nc1. The lowest BCUT2D eigenvalue weighted by atomic mass is 10.2. The van der Waals surface area contributed by atoms with E-state index in [2.05, 4.69) is 15.6 Å². The Morgan fingerprint density at radius 1 is 1.08 bits per heavy atom. The highest BCUT2D eigenvalue weighted by Gasteiger charge is 2.36. The molecule has 2 aliphatic carbocycles. The van der Waals surface area contributed by atoms with E-state index < -0.39 is 0 Å². The molecule has 3 aliphatic rings. The molecule has 2 saturated carbocycles. The summed E-state index contributed by atoms with van der Waals surface area (Å²) in [7, 11) is 0. The number of ether oxygens (including phenoxy) is 1. The van der Waals surface area contributed by atoms with Crippen molar-refractivity contribution in [3.05, 3.63) is 18.3 Å². The van der Waals surface area contributed by atoms with Gasteiger partial charge in [0, 0.05) is 18.7 Å². The molecule has 2 N–H and O–H groups in total. The number of hydrogen-bond donors (Lipinski definition) is 2. The summed E-state index contributed by atoms with van der Waals surface area (Å²) in [6.07, 6.45) is 10.1. The fourth-order valence-corrected chi connectivity index (χ4v) is 3.70. The van der Waals surface area contributed by atoms with Crippen LogP contribution in [0.25, 0.3) is 0 Å². The van der Waals surface area contributed by atoms with Gasteiger partial charge in [0.05, 0.1) is 11.9 Å². The monoisotopic (exact) mass is 358 g/mol. The maximum Gasteiger partial charge on any atom is 0.322 e. The third-order valence-electron chi connectivity index (χ3n) is 5.32. The van der Waals surface area contributed by atoms with Crippen LogP contribution in [-0.4, -0.2) is 46.6 Å². The van der Waals surface area contributed by atoms with Crippen LogP contribution in [0.1, 0.15) is 51.4 Å². The lowest BCUT2D eigenvalue weighted by Gasteiger charge is -2.24. The first-order chi connectivity index (χ1) is 12.7. The smallest absolute Gasteiger partial charge is 0.322 e. The number of likely N-dealkylation sites (tertiary alicyclic amines) is 1. The van der Waals surface area contributed by atoms with Crippen LogP contribution in [0.5, 0.6) is 5.88 Å². The Bertz CT molecular complexity index is 653. The topological polar surface area (TPSA) is 83.6 Å². The van der Waals surface area contributed by atoms with Gasteiger partial charge in [-0.2, -0.15) is 0 Å². The van der Waals surface area contributed by atoms with Crippen LogP contribution >= 0.6 is 0 Å². The van der Waals surface area contributed by atoms with Crippen molar-refractivity contribution in [2.24, 2.45) is 0 Å². The van der Waals surface area contributed by atoms with Crippen LogP contribution in [0.3, 0.4) is 0 Å². The molecule has 4 rings (SSSR count). The van der Waals surface area contributed by atoms with Gasteiger partial charge in [-0.25, -0.2) is 9.78 Å². The van der Waals surface area contributed by atoms with Crippen molar-refractivity contribution >= 4 is 17.6 Å². The molecule has 1 aromatic rings. The lowest BCUT2D eigenvalue weighted by Crippen LogP contribution is -2.48. The van der Waals surface area contributed by atoms with Gasteiger partial charge in [-0.1, -0.05) is 0 Å². The zero-order valence-electron chi connectivity index (χ0n) is 14.9. The first-order valence-electron chi connectivity index (χ1n) is 9.70. The molecule has 0 radical (unpaired) electrons. The molecule has 1 saturated heterocycles. The molecule has 7 heteroatoms. The van der Waals surface area contributed by atoms with Gasteiger partial charge in [-0.15, -0.1) is 0 Å². The minimum Gasteiger partial charge on any atom is -0.474 e. The van der Waals surface area contributed by atoms with Crippen molar-refractivity contribution < 1.29 is 14.3 Å². The van der Waals surface area contributed by atoms with Crippen LogP contribution < -0.4 is 15.4 Å². The van der Waals surface area contributed by atoms with Crippen LogP contribution in [0, 0.1) is 0 Å². The number of urea groups is 1. The molecule has 1 unspecified atom stereocenters. The summed E-state index contributed by atoms with van der Waals surface area (Å²) in [4.78, 5) is 30.8. The first kappa shape index (κ1) is 17.1. The van der Waals surface area contributed by atoms with Gasteiger partial charge in [0.2, 0.25) is 11.8 Å². The molecular weight excluding hydrogens is 332 g/mol. The Hall–Kier alpha value is -2.31. The third kappa shape index (κ3) is 4.08. The molecule has 1 aromatic heterocycles. The summed E-state index contributed by atoms with van der Waals surface area (Å²) in [5.41, 5.74) is 0.613. The van der Waals surface area contributed by atoms with E-state index >= 15 is 0 Å². The molecule has 1 aliphatic heterocycles. The molecule has 3 amide bonds. The van der Waals surface area contributed by atoms with E-state index in [1.807, 2.05) is 0 Å². The maximum atomic E-state index is 12.6. The average molecular weight is 358 g/mol. The van der Waals surface area contributed by atoms with E-state index in [1.54, 1.807) is 23.2 Å². The van der Waals surface area contributed by atoms with Crippen LogP contribution in [-0.2, 0) is 4.79 Å². The zero-order valence-corrected chi connectivity index (χ0v) is 14.9. The second-order valence-electron chi connectivity index (χ2n) is 7.47. The molecule has 26 heavy (non-hydrogen) atoms. The predicted octanol–water partition coefficient (Wildman–Crippen LogP) is 2.68. The van der Waals surface area contributed by atoms with Gasteiger partial charge in [0.25, 0.3) is 0 Å². The number of pyridine rings is 1. The molecule has 0 spiro atoms. The van der Waals surface area contributed by atoms with Crippen LogP contribution in [0.15, 0.2) is 18.3 Å². The number of aromatic nitrogens is 1. The number of carbonyl (C=O) groups excluding carboxylic acids is 2. The number of nitrogens with one attached hydrogen (secondary N) is 2. The van der Waals surface area contributed by atoms with Crippen molar-refractivity contribution in [2.75, 3.05) is 11.9 Å². The van der Waals surface area contributed by atoms with Gasteiger partial charge < -0.3 is 20.3 Å². The number of carbonyl (C=O) groups is 2. The minimum absolute atomic E-state index is 0.0291. The van der Waals surface area contributed by atoms with Gasteiger partial charge in [0.1, 0.15) is 12.1 Å². The fraction of sp³-hybridized carbons (Fsp3) is 0.632. The second-order valence-corrected chi connectivity index (χ2v) is 7.47.